The van der Waals surface area contributed by atoms with E-state index < -0.39 is 40.1 Å². The van der Waals surface area contributed by atoms with Crippen LogP contribution in [0.5, 0.6) is 5.75 Å². The molecule has 0 bridgehead atoms. The predicted molar refractivity (Wildman–Crippen MR) is 83.8 cm³/mol. The van der Waals surface area contributed by atoms with Crippen LogP contribution < -0.4 is 4.74 Å². The molecule has 8 nitrogen and oxygen atoms in total. The maximum atomic E-state index is 14.7. The summed E-state index contributed by atoms with van der Waals surface area (Å²) in [6.45, 7) is 1.24. The molecule has 0 saturated carbocycles. The Morgan fingerprint density at radius 2 is 2.00 bits per heavy atom. The van der Waals surface area contributed by atoms with Crippen LogP contribution in [0.1, 0.15) is 18.9 Å². The second-order valence-corrected chi connectivity index (χ2v) is 5.70. The van der Waals surface area contributed by atoms with Crippen LogP contribution in [0.3, 0.4) is 0 Å². The highest BCUT2D eigenvalue weighted by Gasteiger charge is 2.41. The highest BCUT2D eigenvalue weighted by Crippen LogP contribution is 2.45. The number of benzene rings is 1. The molecular formula is C16H14FNO7. The monoisotopic (exact) mass is 351 g/mol. The van der Waals surface area contributed by atoms with E-state index in [0.29, 0.717) is 0 Å². The number of methoxy groups -OCH3 is 1. The van der Waals surface area contributed by atoms with Crippen molar-refractivity contribution in [2.24, 2.45) is 5.41 Å². The standard InChI is InChI=1S/C16H14FNO7/c1-16(15(21)22)6-10(13(17)11(7-16)14(19)20)9-5-8(18(23)24)3-4-12(9)25-2/h3-6H,7H2,1-2H3,(H,19,20)(H,21,22). The molecular weight excluding hydrogens is 337 g/mol. The summed E-state index contributed by atoms with van der Waals surface area (Å²) < 4.78 is 19.8. The van der Waals surface area contributed by atoms with Gasteiger partial charge in [0.1, 0.15) is 11.6 Å². The fourth-order valence-electron chi connectivity index (χ4n) is 2.56. The maximum Gasteiger partial charge on any atom is 0.334 e. The number of carboxylic acids is 2. The van der Waals surface area contributed by atoms with Crippen molar-refractivity contribution in [2.45, 2.75) is 13.3 Å². The molecule has 0 spiro atoms. The van der Waals surface area contributed by atoms with E-state index in [-0.39, 0.29) is 22.6 Å². The molecule has 1 aromatic rings. The number of ether oxygens (including phenoxy) is 1. The topological polar surface area (TPSA) is 127 Å². The number of nitro benzene ring substituents is 1. The minimum Gasteiger partial charge on any atom is -0.496 e. The minimum absolute atomic E-state index is 0.0476. The highest BCUT2D eigenvalue weighted by atomic mass is 19.1. The average molecular weight is 351 g/mol. The van der Waals surface area contributed by atoms with Gasteiger partial charge in [0.05, 0.1) is 23.0 Å². The van der Waals surface area contributed by atoms with Crippen LogP contribution in [0.25, 0.3) is 5.57 Å². The molecule has 0 radical (unpaired) electrons. The van der Waals surface area contributed by atoms with Crippen molar-refractivity contribution in [3.63, 3.8) is 0 Å². The number of carbonyl (C=O) groups is 2. The van der Waals surface area contributed by atoms with Crippen molar-refractivity contribution in [3.8, 4) is 5.75 Å². The first kappa shape index (κ1) is 18.1. The molecule has 0 amide bonds. The Hall–Kier alpha value is -3.23. The van der Waals surface area contributed by atoms with Gasteiger partial charge in [0.25, 0.3) is 5.69 Å². The van der Waals surface area contributed by atoms with Crippen LogP contribution >= 0.6 is 0 Å². The molecule has 9 heteroatoms. The Morgan fingerprint density at radius 1 is 1.36 bits per heavy atom. The van der Waals surface area contributed by atoms with Gasteiger partial charge in [-0.2, -0.15) is 0 Å². The number of nitrogens with zero attached hydrogens (tertiary/aromatic N) is 1. The zero-order valence-electron chi connectivity index (χ0n) is 13.3. The van der Waals surface area contributed by atoms with Crippen molar-refractivity contribution in [2.75, 3.05) is 7.11 Å². The summed E-state index contributed by atoms with van der Waals surface area (Å²) in [4.78, 5) is 33.1. The summed E-state index contributed by atoms with van der Waals surface area (Å²) >= 11 is 0. The van der Waals surface area contributed by atoms with Gasteiger partial charge >= 0.3 is 11.9 Å². The molecule has 25 heavy (non-hydrogen) atoms. The molecule has 132 valence electrons. The van der Waals surface area contributed by atoms with Gasteiger partial charge < -0.3 is 14.9 Å². The molecule has 1 aromatic carbocycles. The molecule has 0 aliphatic heterocycles. The Morgan fingerprint density at radius 3 is 2.48 bits per heavy atom. The fourth-order valence-corrected chi connectivity index (χ4v) is 2.56. The van der Waals surface area contributed by atoms with Gasteiger partial charge in [-0.1, -0.05) is 6.08 Å². The van der Waals surface area contributed by atoms with E-state index in [1.165, 1.54) is 20.1 Å². The number of hydrogen-bond acceptors (Lipinski definition) is 5. The average Bonchev–Trinajstić information content (AvgIpc) is 2.55. The number of aliphatic carboxylic acids is 2. The molecule has 1 aliphatic rings. The first-order valence-corrected chi connectivity index (χ1v) is 7.02. The van der Waals surface area contributed by atoms with Gasteiger partial charge in [0, 0.05) is 29.7 Å². The lowest BCUT2D eigenvalue weighted by atomic mass is 9.76. The minimum atomic E-state index is -1.69. The lowest BCUT2D eigenvalue weighted by Gasteiger charge is -2.28. The molecule has 1 atom stereocenters. The van der Waals surface area contributed by atoms with E-state index >= 15 is 0 Å². The maximum absolute atomic E-state index is 14.7. The highest BCUT2D eigenvalue weighted by molar-refractivity contribution is 5.98. The summed E-state index contributed by atoms with van der Waals surface area (Å²) in [6, 6.07) is 3.38. The van der Waals surface area contributed by atoms with E-state index in [0.717, 1.165) is 18.2 Å². The summed E-state index contributed by atoms with van der Waals surface area (Å²) in [5, 5.41) is 29.6. The van der Waals surface area contributed by atoms with Crippen LogP contribution in [0.4, 0.5) is 10.1 Å². The second-order valence-electron chi connectivity index (χ2n) is 5.70. The van der Waals surface area contributed by atoms with Gasteiger partial charge in [-0.15, -0.1) is 0 Å². The molecule has 0 fully saturated rings. The number of non-ortho nitro benzene ring substituents is 1. The molecule has 0 aromatic heterocycles. The van der Waals surface area contributed by atoms with E-state index in [2.05, 4.69) is 0 Å². The largest absolute Gasteiger partial charge is 0.496 e. The molecule has 2 N–H and O–H groups in total. The molecule has 2 rings (SSSR count). The number of hydrogen-bond donors (Lipinski definition) is 2. The molecule has 1 unspecified atom stereocenters. The third-order valence-electron chi connectivity index (χ3n) is 3.94. The van der Waals surface area contributed by atoms with Crippen LogP contribution in [-0.2, 0) is 9.59 Å². The van der Waals surface area contributed by atoms with E-state index in [1.807, 2.05) is 0 Å². The Labute approximate surface area is 141 Å². The van der Waals surface area contributed by atoms with Crippen molar-refractivity contribution in [1.82, 2.24) is 0 Å². The number of halogens is 1. The number of carboxylic acid groups (broad SMARTS) is 2. The zero-order chi connectivity index (χ0) is 18.9. The zero-order valence-corrected chi connectivity index (χ0v) is 13.3. The third-order valence-corrected chi connectivity index (χ3v) is 3.94. The quantitative estimate of drug-likeness (QED) is 0.617. The predicted octanol–water partition coefficient (Wildman–Crippen LogP) is 2.79. The molecule has 0 heterocycles. The number of nitro groups is 1. The molecule has 0 saturated heterocycles. The van der Waals surface area contributed by atoms with Gasteiger partial charge in [0.2, 0.25) is 0 Å². The third kappa shape index (κ3) is 3.21. The van der Waals surface area contributed by atoms with E-state index in [4.69, 9.17) is 4.74 Å². The number of allylic oxidation sites excluding steroid dienone is 2. The van der Waals surface area contributed by atoms with Gasteiger partial charge in [-0.05, 0) is 13.0 Å². The van der Waals surface area contributed by atoms with Crippen LogP contribution in [0.15, 0.2) is 35.7 Å². The second kappa shape index (κ2) is 6.34. The first-order valence-electron chi connectivity index (χ1n) is 7.02. The van der Waals surface area contributed by atoms with Crippen molar-refractivity contribution >= 4 is 23.2 Å². The van der Waals surface area contributed by atoms with Crippen LogP contribution in [-0.4, -0.2) is 34.2 Å². The smallest absolute Gasteiger partial charge is 0.334 e. The summed E-state index contributed by atoms with van der Waals surface area (Å²) in [5.74, 6) is -4.04. The Bertz CT molecular complexity index is 843. The normalized spacial score (nSPS) is 20.0. The van der Waals surface area contributed by atoms with Gasteiger partial charge in [0.15, 0.2) is 0 Å². The van der Waals surface area contributed by atoms with Gasteiger partial charge in [-0.25, -0.2) is 9.18 Å². The number of rotatable bonds is 5. The Kier molecular flexibility index (Phi) is 4.60. The fraction of sp³-hybridized carbons (Fsp3) is 0.250. The van der Waals surface area contributed by atoms with Crippen molar-refractivity contribution in [1.29, 1.82) is 0 Å². The first-order chi connectivity index (χ1) is 11.6. The van der Waals surface area contributed by atoms with Gasteiger partial charge in [-0.3, -0.25) is 14.9 Å². The van der Waals surface area contributed by atoms with Crippen molar-refractivity contribution in [3.05, 3.63) is 51.4 Å². The SMILES string of the molecule is COc1ccc([N+](=O)[O-])cc1C1=CC(C)(C(=O)O)CC(C(=O)O)=C1F. The lowest BCUT2D eigenvalue weighted by Crippen LogP contribution is -2.30. The van der Waals surface area contributed by atoms with E-state index in [9.17, 15) is 34.3 Å². The van der Waals surface area contributed by atoms with Crippen LogP contribution in [0, 0.1) is 15.5 Å². The summed E-state index contributed by atoms with van der Waals surface area (Å²) in [6.07, 6.45) is 0.503. The van der Waals surface area contributed by atoms with E-state index in [1.54, 1.807) is 0 Å². The van der Waals surface area contributed by atoms with Crippen molar-refractivity contribution < 1.29 is 33.9 Å². The summed E-state index contributed by atoms with van der Waals surface area (Å²) in [7, 11) is 1.25. The lowest BCUT2D eigenvalue weighted by molar-refractivity contribution is -0.384. The Balaban J connectivity index is 2.79. The summed E-state index contributed by atoms with van der Waals surface area (Å²) in [5.41, 5.74) is -3.23. The molecule has 1 aliphatic carbocycles. The van der Waals surface area contributed by atoms with Crippen LogP contribution in [0.2, 0.25) is 0 Å².